The van der Waals surface area contributed by atoms with E-state index < -0.39 is 0 Å². The van der Waals surface area contributed by atoms with Crippen molar-refractivity contribution in [2.75, 3.05) is 20.7 Å². The number of hydrogen-bond acceptors (Lipinski definition) is 4. The van der Waals surface area contributed by atoms with E-state index in [0.717, 1.165) is 48.8 Å². The Morgan fingerprint density at radius 1 is 1.32 bits per heavy atom. The van der Waals surface area contributed by atoms with Crippen molar-refractivity contribution in [2.45, 2.75) is 31.9 Å². The SMILES string of the molecule is COc1nc2ccccc2cc1CN(C)CC1CCCC1O. The molecule has 2 unspecified atom stereocenters. The van der Waals surface area contributed by atoms with Gasteiger partial charge in [0.05, 0.1) is 18.7 Å². The number of aliphatic hydroxyl groups excluding tert-OH is 1. The van der Waals surface area contributed by atoms with Crippen molar-refractivity contribution in [2.24, 2.45) is 5.92 Å². The van der Waals surface area contributed by atoms with Crippen LogP contribution < -0.4 is 4.74 Å². The number of pyridine rings is 1. The Morgan fingerprint density at radius 3 is 2.86 bits per heavy atom. The first-order chi connectivity index (χ1) is 10.7. The average molecular weight is 300 g/mol. The number of aromatic nitrogens is 1. The number of rotatable bonds is 5. The van der Waals surface area contributed by atoms with Crippen molar-refractivity contribution in [1.82, 2.24) is 9.88 Å². The number of aliphatic hydroxyl groups is 1. The summed E-state index contributed by atoms with van der Waals surface area (Å²) < 4.78 is 5.46. The summed E-state index contributed by atoms with van der Waals surface area (Å²) in [6.45, 7) is 1.70. The normalized spacial score (nSPS) is 21.6. The Hall–Kier alpha value is -1.65. The summed E-state index contributed by atoms with van der Waals surface area (Å²) in [5.74, 6) is 1.09. The maximum Gasteiger partial charge on any atom is 0.218 e. The molecule has 4 heteroatoms. The Kier molecular flexibility index (Phi) is 4.60. The van der Waals surface area contributed by atoms with Gasteiger partial charge in [-0.1, -0.05) is 24.6 Å². The van der Waals surface area contributed by atoms with E-state index in [1.807, 2.05) is 18.2 Å². The van der Waals surface area contributed by atoms with E-state index in [2.05, 4.69) is 29.1 Å². The fourth-order valence-corrected chi connectivity index (χ4v) is 3.42. The van der Waals surface area contributed by atoms with Gasteiger partial charge in [0.2, 0.25) is 5.88 Å². The maximum atomic E-state index is 9.98. The molecule has 1 fully saturated rings. The molecule has 0 radical (unpaired) electrons. The first kappa shape index (κ1) is 15.3. The molecule has 2 atom stereocenters. The van der Waals surface area contributed by atoms with Crippen molar-refractivity contribution in [3.63, 3.8) is 0 Å². The molecule has 1 aliphatic carbocycles. The minimum atomic E-state index is -0.140. The van der Waals surface area contributed by atoms with E-state index in [-0.39, 0.29) is 6.10 Å². The fourth-order valence-electron chi connectivity index (χ4n) is 3.42. The van der Waals surface area contributed by atoms with E-state index in [1.54, 1.807) is 7.11 Å². The quantitative estimate of drug-likeness (QED) is 0.922. The summed E-state index contributed by atoms with van der Waals surface area (Å²) >= 11 is 0. The second kappa shape index (κ2) is 6.63. The molecule has 0 spiro atoms. The van der Waals surface area contributed by atoms with Crippen molar-refractivity contribution in [3.8, 4) is 5.88 Å². The van der Waals surface area contributed by atoms with Gasteiger partial charge in [-0.15, -0.1) is 0 Å². The summed E-state index contributed by atoms with van der Waals surface area (Å²) in [6.07, 6.45) is 3.07. The molecule has 22 heavy (non-hydrogen) atoms. The Bertz CT molecular complexity index is 644. The van der Waals surface area contributed by atoms with E-state index in [9.17, 15) is 5.11 Å². The molecule has 1 aromatic carbocycles. The zero-order chi connectivity index (χ0) is 15.5. The van der Waals surface area contributed by atoms with Crippen LogP contribution in [0.15, 0.2) is 30.3 Å². The highest BCUT2D eigenvalue weighted by Crippen LogP contribution is 2.28. The molecule has 4 nitrogen and oxygen atoms in total. The van der Waals surface area contributed by atoms with Gasteiger partial charge in [0.25, 0.3) is 0 Å². The van der Waals surface area contributed by atoms with Crippen LogP contribution in [0.4, 0.5) is 0 Å². The predicted octanol–water partition coefficient (Wildman–Crippen LogP) is 2.84. The molecule has 2 aromatic rings. The molecular formula is C18H24N2O2. The lowest BCUT2D eigenvalue weighted by Crippen LogP contribution is -2.29. The monoisotopic (exact) mass is 300 g/mol. The van der Waals surface area contributed by atoms with Crippen LogP contribution in [0, 0.1) is 5.92 Å². The largest absolute Gasteiger partial charge is 0.481 e. The summed E-state index contributed by atoms with van der Waals surface area (Å²) in [6, 6.07) is 10.2. The number of para-hydroxylation sites is 1. The van der Waals surface area contributed by atoms with Crippen molar-refractivity contribution in [3.05, 3.63) is 35.9 Å². The van der Waals surface area contributed by atoms with Crippen molar-refractivity contribution in [1.29, 1.82) is 0 Å². The van der Waals surface area contributed by atoms with Gasteiger partial charge in [-0.2, -0.15) is 0 Å². The van der Waals surface area contributed by atoms with Crippen LogP contribution in [0.25, 0.3) is 10.9 Å². The van der Waals surface area contributed by atoms with E-state index >= 15 is 0 Å². The summed E-state index contributed by atoms with van der Waals surface area (Å²) in [7, 11) is 3.76. The zero-order valence-corrected chi connectivity index (χ0v) is 13.3. The Labute approximate surface area is 131 Å². The first-order valence-electron chi connectivity index (χ1n) is 7.96. The first-order valence-corrected chi connectivity index (χ1v) is 7.96. The molecule has 118 valence electrons. The minimum absolute atomic E-state index is 0.140. The lowest BCUT2D eigenvalue weighted by atomic mass is 10.1. The molecule has 1 aliphatic rings. The maximum absolute atomic E-state index is 9.98. The van der Waals surface area contributed by atoms with Crippen LogP contribution in [0.3, 0.4) is 0 Å². The van der Waals surface area contributed by atoms with Gasteiger partial charge in [0.1, 0.15) is 0 Å². The van der Waals surface area contributed by atoms with E-state index in [1.165, 1.54) is 0 Å². The minimum Gasteiger partial charge on any atom is -0.481 e. The van der Waals surface area contributed by atoms with Crippen LogP contribution in [-0.2, 0) is 6.54 Å². The third kappa shape index (κ3) is 3.23. The number of ether oxygens (including phenoxy) is 1. The molecule has 3 rings (SSSR count). The molecule has 1 saturated carbocycles. The smallest absolute Gasteiger partial charge is 0.218 e. The standard InChI is InChI=1S/C18H24N2O2/c1-20(11-14-7-5-9-17(14)21)12-15-10-13-6-3-4-8-16(13)19-18(15)22-2/h3-4,6,8,10,14,17,21H,5,7,9,11-12H2,1-2H3. The number of methoxy groups -OCH3 is 1. The van der Waals surface area contributed by atoms with Gasteiger partial charge in [0.15, 0.2) is 0 Å². The Balaban J connectivity index is 1.77. The van der Waals surface area contributed by atoms with Gasteiger partial charge in [-0.25, -0.2) is 4.98 Å². The van der Waals surface area contributed by atoms with E-state index in [0.29, 0.717) is 11.8 Å². The van der Waals surface area contributed by atoms with Crippen molar-refractivity contribution < 1.29 is 9.84 Å². The van der Waals surface area contributed by atoms with Crippen LogP contribution in [0.1, 0.15) is 24.8 Å². The summed E-state index contributed by atoms with van der Waals surface area (Å²) in [4.78, 5) is 6.85. The second-order valence-corrected chi connectivity index (χ2v) is 6.30. The van der Waals surface area contributed by atoms with Crippen LogP contribution in [-0.4, -0.2) is 41.8 Å². The van der Waals surface area contributed by atoms with Crippen LogP contribution >= 0.6 is 0 Å². The van der Waals surface area contributed by atoms with Gasteiger partial charge in [-0.3, -0.25) is 0 Å². The number of nitrogens with zero attached hydrogens (tertiary/aromatic N) is 2. The number of hydrogen-bond donors (Lipinski definition) is 1. The molecule has 0 bridgehead atoms. The summed E-state index contributed by atoms with van der Waals surface area (Å²) in [5, 5.41) is 11.1. The molecule has 0 aliphatic heterocycles. The Morgan fingerprint density at radius 2 is 2.14 bits per heavy atom. The highest BCUT2D eigenvalue weighted by Gasteiger charge is 2.26. The third-order valence-electron chi connectivity index (χ3n) is 4.56. The molecule has 1 N–H and O–H groups in total. The van der Waals surface area contributed by atoms with Gasteiger partial charge in [0, 0.05) is 24.0 Å². The average Bonchev–Trinajstić information content (AvgIpc) is 2.91. The third-order valence-corrected chi connectivity index (χ3v) is 4.56. The number of fused-ring (bicyclic) bond motifs is 1. The second-order valence-electron chi connectivity index (χ2n) is 6.30. The van der Waals surface area contributed by atoms with Crippen LogP contribution in [0.2, 0.25) is 0 Å². The number of benzene rings is 1. The molecule has 0 saturated heterocycles. The van der Waals surface area contributed by atoms with Gasteiger partial charge in [-0.05, 0) is 37.9 Å². The molecule has 1 aromatic heterocycles. The summed E-state index contributed by atoms with van der Waals surface area (Å²) in [5.41, 5.74) is 2.05. The lowest BCUT2D eigenvalue weighted by molar-refractivity contribution is 0.107. The van der Waals surface area contributed by atoms with Crippen molar-refractivity contribution >= 4 is 10.9 Å². The zero-order valence-electron chi connectivity index (χ0n) is 13.3. The van der Waals surface area contributed by atoms with Gasteiger partial charge >= 0.3 is 0 Å². The lowest BCUT2D eigenvalue weighted by Gasteiger charge is -2.23. The fraction of sp³-hybridized carbons (Fsp3) is 0.500. The molecular weight excluding hydrogens is 276 g/mol. The van der Waals surface area contributed by atoms with Crippen LogP contribution in [0.5, 0.6) is 5.88 Å². The molecule has 1 heterocycles. The highest BCUT2D eigenvalue weighted by atomic mass is 16.5. The predicted molar refractivity (Wildman–Crippen MR) is 88.0 cm³/mol. The topological polar surface area (TPSA) is 45.6 Å². The van der Waals surface area contributed by atoms with E-state index in [4.69, 9.17) is 4.74 Å². The van der Waals surface area contributed by atoms with Gasteiger partial charge < -0.3 is 14.7 Å². The highest BCUT2D eigenvalue weighted by molar-refractivity contribution is 5.80. The molecule has 0 amide bonds.